The second kappa shape index (κ2) is 7.69. The molecule has 122 valence electrons. The summed E-state index contributed by atoms with van der Waals surface area (Å²) in [7, 11) is 0. The highest BCUT2D eigenvalue weighted by atomic mass is 35.5. The molecule has 23 heavy (non-hydrogen) atoms. The van der Waals surface area contributed by atoms with E-state index in [0.29, 0.717) is 23.0 Å². The van der Waals surface area contributed by atoms with Crippen molar-refractivity contribution in [3.05, 3.63) is 47.4 Å². The Morgan fingerprint density at radius 2 is 2.13 bits per heavy atom. The number of nitrogens with one attached hydrogen (secondary N) is 2. The molecule has 0 fully saturated rings. The van der Waals surface area contributed by atoms with Gasteiger partial charge in [-0.3, -0.25) is 4.79 Å². The average molecular weight is 337 g/mol. The molecule has 1 amide bonds. The summed E-state index contributed by atoms with van der Waals surface area (Å²) in [5, 5.41) is 5.98. The van der Waals surface area contributed by atoms with Gasteiger partial charge in [-0.15, -0.1) is 0 Å². The maximum atomic E-state index is 11.9. The van der Waals surface area contributed by atoms with Gasteiger partial charge in [-0.1, -0.05) is 11.6 Å². The number of esters is 1. The molecular formula is C16H17ClN2O4. The molecule has 1 aromatic heterocycles. The maximum Gasteiger partial charge on any atom is 0.328 e. The van der Waals surface area contributed by atoms with Crippen LogP contribution in [0.4, 0.5) is 11.4 Å². The van der Waals surface area contributed by atoms with E-state index in [2.05, 4.69) is 10.6 Å². The Labute approximate surface area is 138 Å². The summed E-state index contributed by atoms with van der Waals surface area (Å²) < 4.78 is 9.94. The maximum absolute atomic E-state index is 11.9. The summed E-state index contributed by atoms with van der Waals surface area (Å²) in [6.07, 6.45) is 1.42. The molecule has 2 rings (SSSR count). The quantitative estimate of drug-likeness (QED) is 0.788. The molecule has 1 atom stereocenters. The Morgan fingerprint density at radius 3 is 2.74 bits per heavy atom. The van der Waals surface area contributed by atoms with E-state index in [9.17, 15) is 9.59 Å². The number of hydrogen-bond acceptors (Lipinski definition) is 5. The van der Waals surface area contributed by atoms with Gasteiger partial charge < -0.3 is 19.8 Å². The fraction of sp³-hybridized carbons (Fsp3) is 0.250. The van der Waals surface area contributed by atoms with Crippen molar-refractivity contribution in [3.8, 4) is 0 Å². The molecule has 0 bridgehead atoms. The largest absolute Gasteiger partial charge is 0.464 e. The smallest absolute Gasteiger partial charge is 0.328 e. The third kappa shape index (κ3) is 4.50. The van der Waals surface area contributed by atoms with Gasteiger partial charge in [0.25, 0.3) is 5.91 Å². The normalized spacial score (nSPS) is 11.6. The first-order valence-corrected chi connectivity index (χ1v) is 7.46. The predicted molar refractivity (Wildman–Crippen MR) is 87.8 cm³/mol. The lowest BCUT2D eigenvalue weighted by atomic mass is 10.2. The monoisotopic (exact) mass is 336 g/mol. The summed E-state index contributed by atoms with van der Waals surface area (Å²) in [5.74, 6) is -0.546. The first-order valence-electron chi connectivity index (χ1n) is 7.09. The Balaban J connectivity index is 2.03. The second-order valence-corrected chi connectivity index (χ2v) is 5.15. The van der Waals surface area contributed by atoms with Crippen LogP contribution in [-0.2, 0) is 9.53 Å². The van der Waals surface area contributed by atoms with Crippen LogP contribution in [0.5, 0.6) is 0 Å². The predicted octanol–water partition coefficient (Wildman–Crippen LogP) is 3.55. The summed E-state index contributed by atoms with van der Waals surface area (Å²) in [6, 6.07) is 7.65. The van der Waals surface area contributed by atoms with Crippen LogP contribution in [0.2, 0.25) is 5.02 Å². The van der Waals surface area contributed by atoms with Gasteiger partial charge in [0.2, 0.25) is 0 Å². The summed E-state index contributed by atoms with van der Waals surface area (Å²) >= 11 is 6.16. The highest BCUT2D eigenvalue weighted by Gasteiger charge is 2.15. The van der Waals surface area contributed by atoms with E-state index in [0.717, 1.165) is 0 Å². The standard InChI is InChI=1S/C16H17ClN2O4/c1-3-22-16(21)10(2)18-11-6-7-13(12(17)9-11)19-15(20)14-5-4-8-23-14/h4-10,18H,3H2,1-2H3,(H,19,20)/t10-/m0/s1. The number of hydrogen-bond donors (Lipinski definition) is 2. The van der Waals surface area contributed by atoms with Crippen molar-refractivity contribution in [1.82, 2.24) is 0 Å². The van der Waals surface area contributed by atoms with Crippen LogP contribution < -0.4 is 10.6 Å². The van der Waals surface area contributed by atoms with Gasteiger partial charge in [0, 0.05) is 5.69 Å². The van der Waals surface area contributed by atoms with E-state index in [-0.39, 0.29) is 11.7 Å². The van der Waals surface area contributed by atoms with Crippen molar-refractivity contribution in [2.75, 3.05) is 17.2 Å². The molecule has 0 saturated carbocycles. The number of benzene rings is 1. The number of ether oxygens (including phenoxy) is 1. The zero-order chi connectivity index (χ0) is 16.8. The van der Waals surface area contributed by atoms with Gasteiger partial charge in [0.1, 0.15) is 6.04 Å². The Morgan fingerprint density at radius 1 is 1.35 bits per heavy atom. The summed E-state index contributed by atoms with van der Waals surface area (Å²) in [6.45, 7) is 3.76. The lowest BCUT2D eigenvalue weighted by Gasteiger charge is -2.15. The SMILES string of the molecule is CCOC(=O)[C@H](C)Nc1ccc(NC(=O)c2ccco2)c(Cl)c1. The molecule has 7 heteroatoms. The van der Waals surface area contributed by atoms with Crippen molar-refractivity contribution in [2.24, 2.45) is 0 Å². The van der Waals surface area contributed by atoms with E-state index in [1.54, 1.807) is 44.2 Å². The summed E-state index contributed by atoms with van der Waals surface area (Å²) in [5.41, 5.74) is 1.09. The molecule has 6 nitrogen and oxygen atoms in total. The number of halogens is 1. The van der Waals surface area contributed by atoms with E-state index in [1.807, 2.05) is 0 Å². The lowest BCUT2D eigenvalue weighted by molar-refractivity contribution is -0.143. The number of amides is 1. The third-order valence-corrected chi connectivity index (χ3v) is 3.30. The molecular weight excluding hydrogens is 320 g/mol. The average Bonchev–Trinajstić information content (AvgIpc) is 3.04. The zero-order valence-electron chi connectivity index (χ0n) is 12.8. The number of anilines is 2. The minimum atomic E-state index is -0.505. The van der Waals surface area contributed by atoms with Crippen LogP contribution in [0.1, 0.15) is 24.4 Å². The minimum Gasteiger partial charge on any atom is -0.464 e. The lowest BCUT2D eigenvalue weighted by Crippen LogP contribution is -2.28. The van der Waals surface area contributed by atoms with Crippen molar-refractivity contribution in [2.45, 2.75) is 19.9 Å². The number of carbonyl (C=O) groups is 2. The van der Waals surface area contributed by atoms with Crippen molar-refractivity contribution >= 4 is 34.9 Å². The van der Waals surface area contributed by atoms with E-state index >= 15 is 0 Å². The van der Waals surface area contributed by atoms with Gasteiger partial charge in [0.15, 0.2) is 5.76 Å². The van der Waals surface area contributed by atoms with Crippen molar-refractivity contribution in [3.63, 3.8) is 0 Å². The highest BCUT2D eigenvalue weighted by molar-refractivity contribution is 6.34. The molecule has 0 spiro atoms. The van der Waals surface area contributed by atoms with Crippen LogP contribution >= 0.6 is 11.6 Å². The van der Waals surface area contributed by atoms with Crippen LogP contribution in [-0.4, -0.2) is 24.5 Å². The van der Waals surface area contributed by atoms with E-state index in [4.69, 9.17) is 20.8 Å². The van der Waals surface area contributed by atoms with Gasteiger partial charge in [-0.05, 0) is 44.2 Å². The topological polar surface area (TPSA) is 80.6 Å². The molecule has 2 aromatic rings. The Hall–Kier alpha value is -2.47. The van der Waals surface area contributed by atoms with Crippen molar-refractivity contribution < 1.29 is 18.7 Å². The Kier molecular flexibility index (Phi) is 5.65. The van der Waals surface area contributed by atoms with Crippen LogP contribution in [0, 0.1) is 0 Å². The third-order valence-electron chi connectivity index (χ3n) is 2.99. The number of carbonyl (C=O) groups excluding carboxylic acids is 2. The molecule has 0 aliphatic heterocycles. The highest BCUT2D eigenvalue weighted by Crippen LogP contribution is 2.26. The molecule has 0 aliphatic rings. The summed E-state index contributed by atoms with van der Waals surface area (Å²) in [4.78, 5) is 23.5. The number of rotatable bonds is 6. The molecule has 2 N–H and O–H groups in total. The van der Waals surface area contributed by atoms with Crippen LogP contribution in [0.15, 0.2) is 41.0 Å². The molecule has 0 aliphatic carbocycles. The second-order valence-electron chi connectivity index (χ2n) is 4.74. The van der Waals surface area contributed by atoms with Gasteiger partial charge in [-0.25, -0.2) is 4.79 Å². The molecule has 0 unspecified atom stereocenters. The molecule has 1 heterocycles. The van der Waals surface area contributed by atoms with Gasteiger partial charge in [-0.2, -0.15) is 0 Å². The van der Waals surface area contributed by atoms with Gasteiger partial charge in [0.05, 0.1) is 23.6 Å². The molecule has 0 saturated heterocycles. The van der Waals surface area contributed by atoms with Crippen molar-refractivity contribution in [1.29, 1.82) is 0 Å². The fourth-order valence-electron chi connectivity index (χ4n) is 1.87. The van der Waals surface area contributed by atoms with Crippen LogP contribution in [0.25, 0.3) is 0 Å². The first-order chi connectivity index (χ1) is 11.0. The fourth-order valence-corrected chi connectivity index (χ4v) is 2.10. The van der Waals surface area contributed by atoms with Crippen LogP contribution in [0.3, 0.4) is 0 Å². The number of furan rings is 1. The minimum absolute atomic E-state index is 0.194. The van der Waals surface area contributed by atoms with Gasteiger partial charge >= 0.3 is 5.97 Å². The Bertz CT molecular complexity index is 685. The zero-order valence-corrected chi connectivity index (χ0v) is 13.5. The first kappa shape index (κ1) is 16.9. The molecule has 1 aromatic carbocycles. The van der Waals surface area contributed by atoms with E-state index in [1.165, 1.54) is 6.26 Å². The van der Waals surface area contributed by atoms with E-state index < -0.39 is 11.9 Å². The molecule has 0 radical (unpaired) electrons.